The summed E-state index contributed by atoms with van der Waals surface area (Å²) in [5, 5.41) is 9.24. The summed E-state index contributed by atoms with van der Waals surface area (Å²) in [5.41, 5.74) is 5.76. The van der Waals surface area contributed by atoms with E-state index in [0.717, 1.165) is 17.7 Å². The number of benzene rings is 2. The molecule has 0 aliphatic rings. The van der Waals surface area contributed by atoms with Crippen LogP contribution >= 0.6 is 0 Å². The van der Waals surface area contributed by atoms with Crippen LogP contribution in [0.15, 0.2) is 42.5 Å². The van der Waals surface area contributed by atoms with Crippen molar-refractivity contribution in [2.24, 2.45) is 0 Å². The highest BCUT2D eigenvalue weighted by Crippen LogP contribution is 2.27. The van der Waals surface area contributed by atoms with E-state index in [4.69, 9.17) is 0 Å². The molecule has 0 aromatic heterocycles. The molecule has 2 rings (SSSR count). The van der Waals surface area contributed by atoms with Gasteiger partial charge in [0.25, 0.3) is 0 Å². The van der Waals surface area contributed by atoms with Gasteiger partial charge in [0.2, 0.25) is 0 Å². The summed E-state index contributed by atoms with van der Waals surface area (Å²) in [5.74, 6) is 0. The minimum absolute atomic E-state index is 0.1000. The molecule has 0 amide bonds. The fourth-order valence-corrected chi connectivity index (χ4v) is 2.26. The van der Waals surface area contributed by atoms with Crippen molar-refractivity contribution in [2.45, 2.75) is 27.4 Å². The van der Waals surface area contributed by atoms with Crippen molar-refractivity contribution in [3.05, 3.63) is 59.2 Å². The molecule has 2 aromatic carbocycles. The molecule has 0 saturated carbocycles. The molecule has 0 unspecified atom stereocenters. The maximum atomic E-state index is 9.24. The highest BCUT2D eigenvalue weighted by Gasteiger charge is 2.08. The van der Waals surface area contributed by atoms with Crippen molar-refractivity contribution < 1.29 is 5.11 Å². The highest BCUT2D eigenvalue weighted by molar-refractivity contribution is 5.64. The number of rotatable bonds is 4. The average molecular weight is 255 g/mol. The number of aliphatic hydroxyl groups excluding tert-OH is 1. The van der Waals surface area contributed by atoms with Crippen molar-refractivity contribution in [3.8, 4) is 0 Å². The lowest BCUT2D eigenvalue weighted by atomic mass is 10.1. The van der Waals surface area contributed by atoms with Gasteiger partial charge in [-0.25, -0.2) is 0 Å². The number of anilines is 2. The van der Waals surface area contributed by atoms with E-state index in [0.29, 0.717) is 0 Å². The average Bonchev–Trinajstić information content (AvgIpc) is 2.42. The molecule has 0 heterocycles. The van der Waals surface area contributed by atoms with E-state index < -0.39 is 0 Å². The van der Waals surface area contributed by atoms with Gasteiger partial charge >= 0.3 is 0 Å². The molecule has 2 nitrogen and oxygen atoms in total. The van der Waals surface area contributed by atoms with Crippen LogP contribution in [0.1, 0.15) is 23.6 Å². The maximum Gasteiger partial charge on any atom is 0.0684 e. The Morgan fingerprint density at radius 3 is 2.11 bits per heavy atom. The van der Waals surface area contributed by atoms with Gasteiger partial charge in [-0.2, -0.15) is 0 Å². The zero-order valence-electron chi connectivity index (χ0n) is 11.9. The Hall–Kier alpha value is -1.80. The zero-order chi connectivity index (χ0) is 13.8. The Morgan fingerprint density at radius 1 is 0.947 bits per heavy atom. The molecular formula is C17H21NO. The van der Waals surface area contributed by atoms with E-state index in [1.165, 1.54) is 16.9 Å². The third kappa shape index (κ3) is 2.96. The predicted octanol–water partition coefficient (Wildman–Crippen LogP) is 3.95. The van der Waals surface area contributed by atoms with E-state index in [2.05, 4.69) is 55.1 Å². The lowest BCUT2D eigenvalue weighted by Crippen LogP contribution is -2.16. The van der Waals surface area contributed by atoms with Crippen LogP contribution in [0.2, 0.25) is 0 Å². The summed E-state index contributed by atoms with van der Waals surface area (Å²) in [7, 11) is 0. The largest absolute Gasteiger partial charge is 0.392 e. The summed E-state index contributed by atoms with van der Waals surface area (Å²) >= 11 is 0. The third-order valence-electron chi connectivity index (χ3n) is 3.47. The molecule has 0 saturated heterocycles. The van der Waals surface area contributed by atoms with E-state index in [1.807, 2.05) is 13.0 Å². The molecule has 1 N–H and O–H groups in total. The van der Waals surface area contributed by atoms with Gasteiger partial charge in [0, 0.05) is 17.9 Å². The van der Waals surface area contributed by atoms with Gasteiger partial charge in [0.1, 0.15) is 0 Å². The van der Waals surface area contributed by atoms with Gasteiger partial charge < -0.3 is 10.0 Å². The summed E-state index contributed by atoms with van der Waals surface area (Å²) < 4.78 is 0. The summed E-state index contributed by atoms with van der Waals surface area (Å²) in [6.07, 6.45) is 0. The van der Waals surface area contributed by atoms with Crippen molar-refractivity contribution in [2.75, 3.05) is 11.4 Å². The second kappa shape index (κ2) is 5.89. The Kier molecular flexibility index (Phi) is 4.23. The Balaban J connectivity index is 2.36. The monoisotopic (exact) mass is 255 g/mol. The van der Waals surface area contributed by atoms with Crippen molar-refractivity contribution in [1.29, 1.82) is 0 Å². The first-order valence-corrected chi connectivity index (χ1v) is 6.70. The van der Waals surface area contributed by atoms with Gasteiger partial charge in [-0.3, -0.25) is 0 Å². The van der Waals surface area contributed by atoms with Crippen LogP contribution in [0.5, 0.6) is 0 Å². The number of nitrogens with zero attached hydrogens (tertiary/aromatic N) is 1. The molecule has 2 aromatic rings. The highest BCUT2D eigenvalue weighted by atomic mass is 16.3. The lowest BCUT2D eigenvalue weighted by Gasteiger charge is -2.24. The van der Waals surface area contributed by atoms with Crippen molar-refractivity contribution >= 4 is 11.4 Å². The van der Waals surface area contributed by atoms with Crippen LogP contribution in [0.4, 0.5) is 11.4 Å². The van der Waals surface area contributed by atoms with E-state index in [9.17, 15) is 5.11 Å². The Bertz CT molecular complexity index is 546. The Morgan fingerprint density at radius 2 is 1.58 bits per heavy atom. The summed E-state index contributed by atoms with van der Waals surface area (Å²) in [6, 6.07) is 14.8. The third-order valence-corrected chi connectivity index (χ3v) is 3.47. The normalized spacial score (nSPS) is 10.5. The van der Waals surface area contributed by atoms with Crippen LogP contribution in [-0.4, -0.2) is 11.7 Å². The number of aliphatic hydroxyl groups is 1. The summed E-state index contributed by atoms with van der Waals surface area (Å²) in [6.45, 7) is 7.30. The molecule has 100 valence electrons. The van der Waals surface area contributed by atoms with Crippen LogP contribution in [0.3, 0.4) is 0 Å². The molecule has 0 aliphatic carbocycles. The molecular weight excluding hydrogens is 234 g/mol. The number of hydrogen-bond donors (Lipinski definition) is 1. The molecule has 0 atom stereocenters. The molecule has 0 fully saturated rings. The molecule has 19 heavy (non-hydrogen) atoms. The van der Waals surface area contributed by atoms with Gasteiger partial charge in [-0.15, -0.1) is 0 Å². The fourth-order valence-electron chi connectivity index (χ4n) is 2.26. The molecule has 0 bridgehead atoms. The summed E-state index contributed by atoms with van der Waals surface area (Å²) in [4.78, 5) is 2.27. The zero-order valence-corrected chi connectivity index (χ0v) is 11.9. The van der Waals surface area contributed by atoms with Crippen molar-refractivity contribution in [1.82, 2.24) is 0 Å². The number of aryl methyl sites for hydroxylation is 2. The van der Waals surface area contributed by atoms with E-state index >= 15 is 0 Å². The van der Waals surface area contributed by atoms with Crippen LogP contribution in [-0.2, 0) is 6.61 Å². The second-order valence-electron chi connectivity index (χ2n) is 4.85. The van der Waals surface area contributed by atoms with Crippen LogP contribution in [0, 0.1) is 13.8 Å². The predicted molar refractivity (Wildman–Crippen MR) is 81.0 cm³/mol. The topological polar surface area (TPSA) is 23.5 Å². The minimum Gasteiger partial charge on any atom is -0.392 e. The fraction of sp³-hybridized carbons (Fsp3) is 0.294. The molecule has 0 spiro atoms. The second-order valence-corrected chi connectivity index (χ2v) is 4.85. The first kappa shape index (κ1) is 13.6. The van der Waals surface area contributed by atoms with E-state index in [-0.39, 0.29) is 6.61 Å². The lowest BCUT2D eigenvalue weighted by molar-refractivity contribution is 0.281. The molecule has 2 heteroatoms. The molecule has 0 aliphatic heterocycles. The van der Waals surface area contributed by atoms with Gasteiger partial charge in [0.15, 0.2) is 0 Å². The first-order chi connectivity index (χ1) is 9.15. The smallest absolute Gasteiger partial charge is 0.0684 e. The van der Waals surface area contributed by atoms with Gasteiger partial charge in [-0.1, -0.05) is 23.8 Å². The Labute approximate surface area is 115 Å². The van der Waals surface area contributed by atoms with Crippen molar-refractivity contribution in [3.63, 3.8) is 0 Å². The minimum atomic E-state index is 0.1000. The quantitative estimate of drug-likeness (QED) is 0.894. The van der Waals surface area contributed by atoms with Crippen LogP contribution in [0.25, 0.3) is 0 Å². The molecule has 0 radical (unpaired) electrons. The van der Waals surface area contributed by atoms with Gasteiger partial charge in [-0.05, 0) is 56.2 Å². The SMILES string of the molecule is CCN(c1ccc(C)cc1)c1ccc(CO)c(C)c1. The van der Waals surface area contributed by atoms with Gasteiger partial charge in [0.05, 0.1) is 6.61 Å². The number of hydrogen-bond acceptors (Lipinski definition) is 2. The maximum absolute atomic E-state index is 9.24. The van der Waals surface area contributed by atoms with Crippen LogP contribution < -0.4 is 4.90 Å². The standard InChI is InChI=1S/C17H21NO/c1-4-18(16-8-5-13(2)6-9-16)17-10-7-15(12-19)14(3)11-17/h5-11,19H,4,12H2,1-3H3. The van der Waals surface area contributed by atoms with E-state index in [1.54, 1.807) is 0 Å². The first-order valence-electron chi connectivity index (χ1n) is 6.70.